The molecule has 0 heterocycles. The van der Waals surface area contributed by atoms with E-state index < -0.39 is 0 Å². The van der Waals surface area contributed by atoms with E-state index in [1.54, 1.807) is 0 Å². The predicted molar refractivity (Wildman–Crippen MR) is 81.3 cm³/mol. The minimum Gasteiger partial charge on any atom is -0.317 e. The van der Waals surface area contributed by atoms with Gasteiger partial charge in [-0.25, -0.2) is 0 Å². The van der Waals surface area contributed by atoms with Crippen molar-refractivity contribution in [2.24, 2.45) is 0 Å². The Hall–Kier alpha value is -0.820. The number of hydrogen-bond acceptors (Lipinski definition) is 1. The van der Waals surface area contributed by atoms with Crippen molar-refractivity contribution in [1.82, 2.24) is 5.32 Å². The number of benzene rings is 1. The van der Waals surface area contributed by atoms with Gasteiger partial charge in [0, 0.05) is 0 Å². The predicted octanol–water partition coefficient (Wildman–Crippen LogP) is 4.69. The van der Waals surface area contributed by atoms with Crippen LogP contribution >= 0.6 is 0 Å². The zero-order valence-corrected chi connectivity index (χ0v) is 12.5. The average Bonchev–Trinajstić information content (AvgIpc) is 2.38. The highest BCUT2D eigenvalue weighted by Crippen LogP contribution is 2.23. The summed E-state index contributed by atoms with van der Waals surface area (Å²) < 4.78 is 0. The Morgan fingerprint density at radius 3 is 2.11 bits per heavy atom. The van der Waals surface area contributed by atoms with Crippen LogP contribution < -0.4 is 5.32 Å². The van der Waals surface area contributed by atoms with Crippen molar-refractivity contribution in [2.45, 2.75) is 58.8 Å². The lowest BCUT2D eigenvalue weighted by molar-refractivity contribution is 0.576. The van der Waals surface area contributed by atoms with Gasteiger partial charge in [0.2, 0.25) is 0 Å². The van der Waals surface area contributed by atoms with E-state index in [0.717, 1.165) is 13.1 Å². The number of hydrogen-bond donors (Lipinski definition) is 1. The van der Waals surface area contributed by atoms with Gasteiger partial charge in [-0.05, 0) is 55.3 Å². The second-order valence-electron chi connectivity index (χ2n) is 5.61. The third-order valence-electron chi connectivity index (χ3n) is 3.59. The summed E-state index contributed by atoms with van der Waals surface area (Å²) in [5.74, 6) is 1.31. The van der Waals surface area contributed by atoms with Crippen LogP contribution in [0.2, 0.25) is 0 Å². The third kappa shape index (κ3) is 5.22. The van der Waals surface area contributed by atoms with Crippen LogP contribution in [0.1, 0.15) is 69.9 Å². The molecule has 1 heteroatoms. The quantitative estimate of drug-likeness (QED) is 0.657. The molecule has 0 amide bonds. The Kier molecular flexibility index (Phi) is 7.04. The van der Waals surface area contributed by atoms with Gasteiger partial charge in [0.05, 0.1) is 0 Å². The lowest BCUT2D eigenvalue weighted by Gasteiger charge is -2.13. The monoisotopic (exact) mass is 247 g/mol. The molecule has 1 rings (SSSR count). The molecule has 102 valence electrons. The maximum absolute atomic E-state index is 3.47. The van der Waals surface area contributed by atoms with Gasteiger partial charge in [0.15, 0.2) is 0 Å². The fourth-order valence-electron chi connectivity index (χ4n) is 2.21. The Labute approximate surface area is 113 Å². The van der Waals surface area contributed by atoms with E-state index in [-0.39, 0.29) is 0 Å². The molecular formula is C17H29N. The van der Waals surface area contributed by atoms with Crippen LogP contribution in [0.15, 0.2) is 24.3 Å². The highest BCUT2D eigenvalue weighted by molar-refractivity contribution is 5.26. The van der Waals surface area contributed by atoms with Crippen molar-refractivity contribution >= 4 is 0 Å². The first-order valence-electron chi connectivity index (χ1n) is 7.45. The molecule has 0 aliphatic heterocycles. The van der Waals surface area contributed by atoms with Gasteiger partial charge in [-0.1, -0.05) is 52.0 Å². The van der Waals surface area contributed by atoms with E-state index in [9.17, 15) is 0 Å². The zero-order chi connectivity index (χ0) is 13.4. The summed E-state index contributed by atoms with van der Waals surface area (Å²) in [5.41, 5.74) is 2.92. The second-order valence-corrected chi connectivity index (χ2v) is 5.61. The standard InChI is InChI=1S/C17H29N/c1-5-12-18-13-6-7-15(4)17-10-8-16(9-11-17)14(2)3/h8-11,14-15,18H,5-7,12-13H2,1-4H3. The van der Waals surface area contributed by atoms with Gasteiger partial charge in [0.25, 0.3) is 0 Å². The lowest BCUT2D eigenvalue weighted by Crippen LogP contribution is -2.16. The van der Waals surface area contributed by atoms with Crippen molar-refractivity contribution in [1.29, 1.82) is 0 Å². The van der Waals surface area contributed by atoms with Crippen LogP contribution in [-0.2, 0) is 0 Å². The molecule has 0 aliphatic rings. The molecule has 0 aliphatic carbocycles. The molecule has 0 spiro atoms. The number of nitrogens with one attached hydrogen (secondary N) is 1. The summed E-state index contributed by atoms with van der Waals surface area (Å²) in [6.45, 7) is 11.4. The molecule has 1 aromatic carbocycles. The molecule has 1 aromatic rings. The van der Waals surface area contributed by atoms with E-state index in [4.69, 9.17) is 0 Å². The first-order chi connectivity index (χ1) is 8.65. The molecule has 18 heavy (non-hydrogen) atoms. The molecule has 1 nitrogen and oxygen atoms in total. The fourth-order valence-corrected chi connectivity index (χ4v) is 2.21. The molecule has 1 unspecified atom stereocenters. The maximum Gasteiger partial charge on any atom is -0.00487 e. The summed E-state index contributed by atoms with van der Waals surface area (Å²) in [6, 6.07) is 9.18. The van der Waals surface area contributed by atoms with E-state index >= 15 is 0 Å². The maximum atomic E-state index is 3.47. The summed E-state index contributed by atoms with van der Waals surface area (Å²) in [6.07, 6.45) is 3.77. The molecule has 0 aromatic heterocycles. The number of rotatable bonds is 8. The Bertz CT molecular complexity index is 313. The molecule has 0 fully saturated rings. The van der Waals surface area contributed by atoms with E-state index in [1.165, 1.54) is 30.4 Å². The van der Waals surface area contributed by atoms with Crippen LogP contribution in [0.5, 0.6) is 0 Å². The van der Waals surface area contributed by atoms with E-state index in [2.05, 4.69) is 57.3 Å². The van der Waals surface area contributed by atoms with Crippen LogP contribution in [0.25, 0.3) is 0 Å². The topological polar surface area (TPSA) is 12.0 Å². The van der Waals surface area contributed by atoms with Gasteiger partial charge in [-0.3, -0.25) is 0 Å². The van der Waals surface area contributed by atoms with Gasteiger partial charge >= 0.3 is 0 Å². The highest BCUT2D eigenvalue weighted by atomic mass is 14.8. The van der Waals surface area contributed by atoms with E-state index in [0.29, 0.717) is 11.8 Å². The Morgan fingerprint density at radius 1 is 0.944 bits per heavy atom. The molecule has 0 bridgehead atoms. The van der Waals surface area contributed by atoms with E-state index in [1.807, 2.05) is 0 Å². The summed E-state index contributed by atoms with van der Waals surface area (Å²) in [7, 11) is 0. The molecular weight excluding hydrogens is 218 g/mol. The average molecular weight is 247 g/mol. The molecule has 0 saturated carbocycles. The highest BCUT2D eigenvalue weighted by Gasteiger charge is 2.06. The zero-order valence-electron chi connectivity index (χ0n) is 12.5. The smallest absolute Gasteiger partial charge is 0.00487 e. The molecule has 1 atom stereocenters. The SMILES string of the molecule is CCCNCCCC(C)c1ccc(C(C)C)cc1. The normalized spacial score (nSPS) is 12.9. The first-order valence-corrected chi connectivity index (χ1v) is 7.45. The fraction of sp³-hybridized carbons (Fsp3) is 0.647. The lowest BCUT2D eigenvalue weighted by atomic mass is 9.93. The van der Waals surface area contributed by atoms with Crippen molar-refractivity contribution in [3.63, 3.8) is 0 Å². The first kappa shape index (κ1) is 15.2. The summed E-state index contributed by atoms with van der Waals surface area (Å²) >= 11 is 0. The minimum atomic E-state index is 0.632. The molecule has 0 saturated heterocycles. The van der Waals surface area contributed by atoms with Crippen molar-refractivity contribution < 1.29 is 0 Å². The van der Waals surface area contributed by atoms with Gasteiger partial charge in [-0.15, -0.1) is 0 Å². The van der Waals surface area contributed by atoms with Gasteiger partial charge in [-0.2, -0.15) is 0 Å². The molecule has 1 N–H and O–H groups in total. The Morgan fingerprint density at radius 2 is 1.56 bits per heavy atom. The molecule has 0 radical (unpaired) electrons. The van der Waals surface area contributed by atoms with Crippen molar-refractivity contribution in [3.8, 4) is 0 Å². The Balaban J connectivity index is 2.34. The minimum absolute atomic E-state index is 0.632. The summed E-state index contributed by atoms with van der Waals surface area (Å²) in [5, 5.41) is 3.47. The summed E-state index contributed by atoms with van der Waals surface area (Å²) in [4.78, 5) is 0. The largest absolute Gasteiger partial charge is 0.317 e. The van der Waals surface area contributed by atoms with Crippen molar-refractivity contribution in [2.75, 3.05) is 13.1 Å². The van der Waals surface area contributed by atoms with Gasteiger partial charge < -0.3 is 5.32 Å². The van der Waals surface area contributed by atoms with Crippen LogP contribution in [0, 0.1) is 0 Å². The van der Waals surface area contributed by atoms with Gasteiger partial charge in [0.1, 0.15) is 0 Å². The second kappa shape index (κ2) is 8.31. The third-order valence-corrected chi connectivity index (χ3v) is 3.59. The van der Waals surface area contributed by atoms with Crippen LogP contribution in [0.3, 0.4) is 0 Å². The van der Waals surface area contributed by atoms with Crippen LogP contribution in [-0.4, -0.2) is 13.1 Å². The van der Waals surface area contributed by atoms with Crippen LogP contribution in [0.4, 0.5) is 0 Å². The van der Waals surface area contributed by atoms with Crippen molar-refractivity contribution in [3.05, 3.63) is 35.4 Å².